The van der Waals surface area contributed by atoms with Crippen LogP contribution in [0.5, 0.6) is 5.88 Å². The second-order valence-electron chi connectivity index (χ2n) is 2.60. The van der Waals surface area contributed by atoms with Gasteiger partial charge in [-0.3, -0.25) is 0 Å². The first-order chi connectivity index (χ1) is 7.04. The van der Waals surface area contributed by atoms with Crippen LogP contribution < -0.4 is 4.74 Å². The van der Waals surface area contributed by atoms with Gasteiger partial charge in [-0.05, 0) is 16.5 Å². The van der Waals surface area contributed by atoms with Gasteiger partial charge in [0.25, 0.3) is 0 Å². The third-order valence-corrected chi connectivity index (χ3v) is 1.43. The van der Waals surface area contributed by atoms with Crippen molar-refractivity contribution in [3.05, 3.63) is 12.1 Å². The minimum Gasteiger partial charge on any atom is -0.467 e. The standard InChI is InChI=1S/C6H4F3N5O/c7-6(8,9)3-15-5-2-1-4-10-12-13-14(4)11-5/h1-2H,3H2. The molecule has 0 bridgehead atoms. The van der Waals surface area contributed by atoms with Crippen LogP contribution in [0.3, 0.4) is 0 Å². The molecule has 0 aromatic carbocycles. The van der Waals surface area contributed by atoms with Crippen molar-refractivity contribution in [1.82, 2.24) is 25.3 Å². The van der Waals surface area contributed by atoms with Crippen molar-refractivity contribution < 1.29 is 17.9 Å². The number of hydrogen-bond donors (Lipinski definition) is 0. The molecule has 0 aliphatic rings. The molecule has 0 fully saturated rings. The van der Waals surface area contributed by atoms with Gasteiger partial charge in [-0.15, -0.1) is 14.8 Å². The van der Waals surface area contributed by atoms with Gasteiger partial charge in [-0.2, -0.15) is 13.2 Å². The number of ether oxygens (including phenoxy) is 1. The smallest absolute Gasteiger partial charge is 0.422 e. The van der Waals surface area contributed by atoms with Gasteiger partial charge >= 0.3 is 6.18 Å². The quantitative estimate of drug-likeness (QED) is 0.734. The molecular weight excluding hydrogens is 215 g/mol. The summed E-state index contributed by atoms with van der Waals surface area (Å²) in [6, 6.07) is 2.66. The van der Waals surface area contributed by atoms with E-state index in [2.05, 4.69) is 25.4 Å². The minimum absolute atomic E-state index is 0.188. The first-order valence-corrected chi connectivity index (χ1v) is 3.79. The normalized spacial score (nSPS) is 11.9. The van der Waals surface area contributed by atoms with Crippen LogP contribution in [0, 0.1) is 0 Å². The molecular formula is C6H4F3N5O. The van der Waals surface area contributed by atoms with Gasteiger partial charge in [0.1, 0.15) is 0 Å². The Labute approximate surface area is 80.6 Å². The van der Waals surface area contributed by atoms with Crippen molar-refractivity contribution in [2.75, 3.05) is 6.61 Å². The molecule has 0 saturated carbocycles. The summed E-state index contributed by atoms with van der Waals surface area (Å²) in [5.74, 6) is -0.188. The van der Waals surface area contributed by atoms with E-state index in [1.807, 2.05) is 0 Å². The van der Waals surface area contributed by atoms with Gasteiger partial charge in [-0.25, -0.2) is 0 Å². The number of hydrogen-bond acceptors (Lipinski definition) is 5. The Hall–Kier alpha value is -1.93. The molecule has 2 aromatic heterocycles. The zero-order chi connectivity index (χ0) is 10.9. The van der Waals surface area contributed by atoms with Crippen molar-refractivity contribution in [1.29, 1.82) is 0 Å². The van der Waals surface area contributed by atoms with Crippen LogP contribution in [-0.2, 0) is 0 Å². The number of nitrogens with zero attached hydrogens (tertiary/aromatic N) is 5. The molecule has 0 N–H and O–H groups in total. The largest absolute Gasteiger partial charge is 0.467 e. The Kier molecular flexibility index (Phi) is 2.14. The Balaban J connectivity index is 2.15. The van der Waals surface area contributed by atoms with Gasteiger partial charge in [0.15, 0.2) is 12.3 Å². The van der Waals surface area contributed by atoms with Crippen molar-refractivity contribution in [3.63, 3.8) is 0 Å². The summed E-state index contributed by atoms with van der Waals surface area (Å²) in [6.45, 7) is -1.40. The predicted octanol–water partition coefficient (Wildman–Crippen LogP) is 0.460. The monoisotopic (exact) mass is 219 g/mol. The molecule has 15 heavy (non-hydrogen) atoms. The van der Waals surface area contributed by atoms with Gasteiger partial charge in [0, 0.05) is 6.07 Å². The van der Waals surface area contributed by atoms with Gasteiger partial charge < -0.3 is 4.74 Å². The summed E-state index contributed by atoms with van der Waals surface area (Å²) < 4.78 is 40.8. The Bertz CT molecular complexity index is 467. The van der Waals surface area contributed by atoms with Gasteiger partial charge in [0.05, 0.1) is 0 Å². The van der Waals surface area contributed by atoms with E-state index in [4.69, 9.17) is 0 Å². The van der Waals surface area contributed by atoms with E-state index < -0.39 is 12.8 Å². The highest BCUT2D eigenvalue weighted by molar-refractivity contribution is 5.34. The summed E-state index contributed by atoms with van der Waals surface area (Å²) in [7, 11) is 0. The second-order valence-corrected chi connectivity index (χ2v) is 2.60. The van der Waals surface area contributed by atoms with Crippen molar-refractivity contribution in [2.45, 2.75) is 6.18 Å². The van der Waals surface area contributed by atoms with E-state index in [9.17, 15) is 13.2 Å². The van der Waals surface area contributed by atoms with E-state index in [-0.39, 0.29) is 5.88 Å². The Morgan fingerprint density at radius 3 is 2.87 bits per heavy atom. The SMILES string of the molecule is FC(F)(F)COc1ccc2nnnn2n1. The minimum atomic E-state index is -4.39. The fourth-order valence-electron chi connectivity index (χ4n) is 0.866. The highest BCUT2D eigenvalue weighted by atomic mass is 19.4. The third-order valence-electron chi connectivity index (χ3n) is 1.43. The molecule has 2 aromatic rings. The predicted molar refractivity (Wildman–Crippen MR) is 40.1 cm³/mol. The molecule has 6 nitrogen and oxygen atoms in total. The molecule has 80 valence electrons. The molecule has 0 unspecified atom stereocenters. The summed E-state index contributed by atoms with van der Waals surface area (Å²) in [5, 5.41) is 13.8. The molecule has 2 heterocycles. The first-order valence-electron chi connectivity index (χ1n) is 3.79. The maximum absolute atomic E-state index is 11.8. The topological polar surface area (TPSA) is 65.2 Å². The van der Waals surface area contributed by atoms with E-state index in [1.54, 1.807) is 0 Å². The average molecular weight is 219 g/mol. The molecule has 0 amide bonds. The zero-order valence-electron chi connectivity index (χ0n) is 7.14. The molecule has 0 spiro atoms. The Morgan fingerprint density at radius 1 is 1.33 bits per heavy atom. The van der Waals surface area contributed by atoms with Crippen LogP contribution in [-0.4, -0.2) is 38.0 Å². The first kappa shape index (κ1) is 9.62. The van der Waals surface area contributed by atoms with Gasteiger partial charge in [-0.1, -0.05) is 0 Å². The van der Waals surface area contributed by atoms with Crippen LogP contribution in [0.4, 0.5) is 13.2 Å². The fourth-order valence-corrected chi connectivity index (χ4v) is 0.866. The van der Waals surface area contributed by atoms with E-state index in [0.717, 1.165) is 4.63 Å². The maximum atomic E-state index is 11.8. The van der Waals surface area contributed by atoms with E-state index in [1.165, 1.54) is 12.1 Å². The van der Waals surface area contributed by atoms with Crippen LogP contribution >= 0.6 is 0 Å². The van der Waals surface area contributed by atoms with Crippen LogP contribution in [0.2, 0.25) is 0 Å². The van der Waals surface area contributed by atoms with Crippen LogP contribution in [0.25, 0.3) is 5.65 Å². The second kappa shape index (κ2) is 3.33. The number of rotatable bonds is 2. The molecule has 0 aliphatic heterocycles. The molecule has 0 atom stereocenters. The average Bonchev–Trinajstić information content (AvgIpc) is 2.60. The molecule has 0 aliphatic carbocycles. The third kappa shape index (κ3) is 2.30. The number of fused-ring (bicyclic) bond motifs is 1. The molecule has 2 rings (SSSR count). The molecule has 9 heteroatoms. The Morgan fingerprint density at radius 2 is 2.13 bits per heavy atom. The van der Waals surface area contributed by atoms with Crippen LogP contribution in [0.15, 0.2) is 12.1 Å². The van der Waals surface area contributed by atoms with Crippen molar-refractivity contribution in [3.8, 4) is 5.88 Å². The summed E-state index contributed by atoms with van der Waals surface area (Å²) in [4.78, 5) is 0. The zero-order valence-corrected chi connectivity index (χ0v) is 7.14. The van der Waals surface area contributed by atoms with E-state index in [0.29, 0.717) is 5.65 Å². The highest BCUT2D eigenvalue weighted by Crippen LogP contribution is 2.16. The highest BCUT2D eigenvalue weighted by Gasteiger charge is 2.28. The van der Waals surface area contributed by atoms with Crippen molar-refractivity contribution in [2.24, 2.45) is 0 Å². The lowest BCUT2D eigenvalue weighted by atomic mass is 10.5. The number of tetrazole rings is 1. The lowest BCUT2D eigenvalue weighted by Crippen LogP contribution is -2.20. The maximum Gasteiger partial charge on any atom is 0.422 e. The summed E-state index contributed by atoms with van der Waals surface area (Å²) in [5.41, 5.74) is 0.328. The fraction of sp³-hybridized carbons (Fsp3) is 0.333. The summed E-state index contributed by atoms with van der Waals surface area (Å²) >= 11 is 0. The van der Waals surface area contributed by atoms with Gasteiger partial charge in [0.2, 0.25) is 5.88 Å². The number of halogens is 3. The number of alkyl halides is 3. The molecule has 0 saturated heterocycles. The van der Waals surface area contributed by atoms with E-state index >= 15 is 0 Å². The number of aromatic nitrogens is 5. The molecule has 0 radical (unpaired) electrons. The summed E-state index contributed by atoms with van der Waals surface area (Å²) in [6.07, 6.45) is -4.39. The lowest BCUT2D eigenvalue weighted by Gasteiger charge is -2.07. The van der Waals surface area contributed by atoms with Crippen molar-refractivity contribution >= 4 is 5.65 Å². The van der Waals surface area contributed by atoms with Crippen LogP contribution in [0.1, 0.15) is 0 Å². The lowest BCUT2D eigenvalue weighted by molar-refractivity contribution is -0.154.